The number of halogens is 1. The van der Waals surface area contributed by atoms with Gasteiger partial charge in [0.15, 0.2) is 0 Å². The standard InChI is InChI=1S/C16H16FNO4/c1-10-14(16(20)21-2)8-13(22-10)9-18-15(19)7-11-3-5-12(17)6-4-11/h3-6,8H,7,9H2,1-2H3,(H,18,19). The number of ether oxygens (including phenoxy) is 1. The van der Waals surface area contributed by atoms with Gasteiger partial charge in [0.1, 0.15) is 22.9 Å². The van der Waals surface area contributed by atoms with Gasteiger partial charge in [-0.15, -0.1) is 0 Å². The zero-order valence-corrected chi connectivity index (χ0v) is 12.3. The van der Waals surface area contributed by atoms with Crippen LogP contribution in [-0.4, -0.2) is 19.0 Å². The molecule has 22 heavy (non-hydrogen) atoms. The van der Waals surface area contributed by atoms with Crippen molar-refractivity contribution < 1.29 is 23.1 Å². The van der Waals surface area contributed by atoms with E-state index in [1.807, 2.05) is 0 Å². The smallest absolute Gasteiger partial charge is 0.341 e. The summed E-state index contributed by atoms with van der Waals surface area (Å²) in [5.41, 5.74) is 1.05. The third-order valence-corrected chi connectivity index (χ3v) is 3.11. The number of aryl methyl sites for hydroxylation is 1. The van der Waals surface area contributed by atoms with Crippen LogP contribution < -0.4 is 5.32 Å². The zero-order chi connectivity index (χ0) is 16.1. The molecule has 2 rings (SSSR count). The molecule has 0 saturated carbocycles. The number of nitrogens with one attached hydrogen (secondary N) is 1. The van der Waals surface area contributed by atoms with Crippen LogP contribution in [0.25, 0.3) is 0 Å². The van der Waals surface area contributed by atoms with E-state index in [1.54, 1.807) is 25.1 Å². The maximum absolute atomic E-state index is 12.8. The van der Waals surface area contributed by atoms with Crippen LogP contribution in [0.3, 0.4) is 0 Å². The Hall–Kier alpha value is -2.63. The van der Waals surface area contributed by atoms with Gasteiger partial charge in [-0.2, -0.15) is 0 Å². The predicted octanol–water partition coefficient (Wildman–Crippen LogP) is 2.37. The van der Waals surface area contributed by atoms with Gasteiger partial charge in [0, 0.05) is 0 Å². The average Bonchev–Trinajstić information content (AvgIpc) is 2.88. The number of furan rings is 1. The first kappa shape index (κ1) is 15.8. The highest BCUT2D eigenvalue weighted by Crippen LogP contribution is 2.15. The molecule has 0 radical (unpaired) electrons. The van der Waals surface area contributed by atoms with Crippen molar-refractivity contribution in [1.82, 2.24) is 5.32 Å². The maximum atomic E-state index is 12.8. The summed E-state index contributed by atoms with van der Waals surface area (Å²) in [5.74, 6) is -0.143. The minimum atomic E-state index is -0.481. The summed E-state index contributed by atoms with van der Waals surface area (Å²) in [7, 11) is 1.29. The summed E-state index contributed by atoms with van der Waals surface area (Å²) in [6, 6.07) is 7.27. The SMILES string of the molecule is COC(=O)c1cc(CNC(=O)Cc2ccc(F)cc2)oc1C. The second-order valence-electron chi connectivity index (χ2n) is 4.75. The molecule has 1 aromatic carbocycles. The Morgan fingerprint density at radius 3 is 2.59 bits per heavy atom. The molecule has 1 heterocycles. The van der Waals surface area contributed by atoms with E-state index < -0.39 is 5.97 Å². The summed E-state index contributed by atoms with van der Waals surface area (Å²) >= 11 is 0. The van der Waals surface area contributed by atoms with Crippen molar-refractivity contribution in [2.75, 3.05) is 7.11 Å². The molecule has 116 valence electrons. The first-order chi connectivity index (χ1) is 10.5. The van der Waals surface area contributed by atoms with Crippen molar-refractivity contribution in [2.24, 2.45) is 0 Å². The minimum absolute atomic E-state index is 0.143. The second-order valence-corrected chi connectivity index (χ2v) is 4.75. The third-order valence-electron chi connectivity index (χ3n) is 3.11. The molecule has 0 spiro atoms. The minimum Gasteiger partial charge on any atom is -0.465 e. The lowest BCUT2D eigenvalue weighted by molar-refractivity contribution is -0.120. The van der Waals surface area contributed by atoms with E-state index in [0.29, 0.717) is 22.6 Å². The first-order valence-electron chi connectivity index (χ1n) is 6.68. The predicted molar refractivity (Wildman–Crippen MR) is 76.7 cm³/mol. The molecular formula is C16H16FNO4. The highest BCUT2D eigenvalue weighted by molar-refractivity contribution is 5.90. The number of esters is 1. The van der Waals surface area contributed by atoms with Gasteiger partial charge < -0.3 is 14.5 Å². The molecule has 0 aliphatic rings. The van der Waals surface area contributed by atoms with Crippen molar-refractivity contribution in [1.29, 1.82) is 0 Å². The largest absolute Gasteiger partial charge is 0.465 e. The van der Waals surface area contributed by atoms with Crippen molar-refractivity contribution >= 4 is 11.9 Å². The number of hydrogen-bond acceptors (Lipinski definition) is 4. The molecule has 0 unspecified atom stereocenters. The number of amides is 1. The molecule has 0 aliphatic carbocycles. The van der Waals surface area contributed by atoms with Gasteiger partial charge in [0.2, 0.25) is 5.91 Å². The number of carbonyl (C=O) groups excluding carboxylic acids is 2. The summed E-state index contributed by atoms with van der Waals surface area (Å²) < 4.78 is 22.8. The first-order valence-corrected chi connectivity index (χ1v) is 6.68. The van der Waals surface area contributed by atoms with Gasteiger partial charge in [-0.05, 0) is 30.7 Å². The van der Waals surface area contributed by atoms with E-state index in [4.69, 9.17) is 4.42 Å². The van der Waals surface area contributed by atoms with Crippen molar-refractivity contribution in [3.05, 3.63) is 58.8 Å². The van der Waals surface area contributed by atoms with Gasteiger partial charge >= 0.3 is 5.97 Å². The summed E-state index contributed by atoms with van der Waals surface area (Å²) in [6.45, 7) is 1.81. The quantitative estimate of drug-likeness (QED) is 0.861. The van der Waals surface area contributed by atoms with Crippen LogP contribution in [0, 0.1) is 12.7 Å². The highest BCUT2D eigenvalue weighted by atomic mass is 19.1. The van der Waals surface area contributed by atoms with E-state index in [0.717, 1.165) is 0 Å². The van der Waals surface area contributed by atoms with Crippen LogP contribution in [0.2, 0.25) is 0 Å². The lowest BCUT2D eigenvalue weighted by atomic mass is 10.1. The normalized spacial score (nSPS) is 10.3. The molecule has 1 aromatic heterocycles. The molecule has 1 N–H and O–H groups in total. The summed E-state index contributed by atoms with van der Waals surface area (Å²) in [4.78, 5) is 23.3. The molecule has 6 heteroatoms. The van der Waals surface area contributed by atoms with Crippen LogP contribution in [0.1, 0.15) is 27.4 Å². The maximum Gasteiger partial charge on any atom is 0.341 e. The van der Waals surface area contributed by atoms with E-state index >= 15 is 0 Å². The number of benzene rings is 1. The van der Waals surface area contributed by atoms with Gasteiger partial charge in [-0.3, -0.25) is 4.79 Å². The lowest BCUT2D eigenvalue weighted by Crippen LogP contribution is -2.24. The molecule has 2 aromatic rings. The van der Waals surface area contributed by atoms with Crippen LogP contribution in [0.15, 0.2) is 34.7 Å². The monoisotopic (exact) mass is 305 g/mol. The Morgan fingerprint density at radius 2 is 1.95 bits per heavy atom. The highest BCUT2D eigenvalue weighted by Gasteiger charge is 2.15. The van der Waals surface area contributed by atoms with Gasteiger partial charge in [0.05, 0.1) is 20.1 Å². The number of methoxy groups -OCH3 is 1. The van der Waals surface area contributed by atoms with Crippen LogP contribution >= 0.6 is 0 Å². The summed E-state index contributed by atoms with van der Waals surface area (Å²) in [5, 5.41) is 2.68. The molecule has 0 saturated heterocycles. The van der Waals surface area contributed by atoms with Crippen molar-refractivity contribution in [2.45, 2.75) is 19.9 Å². The van der Waals surface area contributed by atoms with Gasteiger partial charge in [0.25, 0.3) is 0 Å². The Kier molecular flexibility index (Phi) is 4.93. The Balaban J connectivity index is 1.91. The second kappa shape index (κ2) is 6.89. The van der Waals surface area contributed by atoms with E-state index in [-0.39, 0.29) is 24.7 Å². The number of carbonyl (C=O) groups is 2. The van der Waals surface area contributed by atoms with Gasteiger partial charge in [-0.1, -0.05) is 12.1 Å². The zero-order valence-electron chi connectivity index (χ0n) is 12.3. The van der Waals surface area contributed by atoms with Crippen molar-refractivity contribution in [3.8, 4) is 0 Å². The molecule has 1 amide bonds. The van der Waals surface area contributed by atoms with Crippen molar-refractivity contribution in [3.63, 3.8) is 0 Å². The topological polar surface area (TPSA) is 68.5 Å². The fourth-order valence-electron chi connectivity index (χ4n) is 1.98. The molecular weight excluding hydrogens is 289 g/mol. The lowest BCUT2D eigenvalue weighted by Gasteiger charge is -2.03. The number of hydrogen-bond donors (Lipinski definition) is 1. The van der Waals surface area contributed by atoms with E-state index in [9.17, 15) is 14.0 Å². The Morgan fingerprint density at radius 1 is 1.27 bits per heavy atom. The summed E-state index contributed by atoms with van der Waals surface area (Å²) in [6.07, 6.45) is 0.143. The molecule has 0 bridgehead atoms. The molecule has 0 atom stereocenters. The molecule has 0 aliphatic heterocycles. The molecule has 0 fully saturated rings. The average molecular weight is 305 g/mol. The Bertz CT molecular complexity index is 676. The van der Waals surface area contributed by atoms with E-state index in [1.165, 1.54) is 19.2 Å². The van der Waals surface area contributed by atoms with Crippen LogP contribution in [0.5, 0.6) is 0 Å². The fourth-order valence-corrected chi connectivity index (χ4v) is 1.98. The third kappa shape index (κ3) is 3.94. The fraction of sp³-hybridized carbons (Fsp3) is 0.250. The Labute approximate surface area is 127 Å². The van der Waals surface area contributed by atoms with Crippen LogP contribution in [0.4, 0.5) is 4.39 Å². The van der Waals surface area contributed by atoms with Gasteiger partial charge in [-0.25, -0.2) is 9.18 Å². The molecule has 5 nitrogen and oxygen atoms in total. The number of rotatable bonds is 5. The van der Waals surface area contributed by atoms with E-state index in [2.05, 4.69) is 10.1 Å². The van der Waals surface area contributed by atoms with Crippen LogP contribution in [-0.2, 0) is 22.5 Å².